The highest BCUT2D eigenvalue weighted by Gasteiger charge is 2.41. The fourth-order valence-corrected chi connectivity index (χ4v) is 5.36. The number of nitrogens with zero attached hydrogens (tertiary/aromatic N) is 4. The molecule has 6 heteroatoms. The van der Waals surface area contributed by atoms with Crippen LogP contribution in [0, 0.1) is 5.41 Å². The van der Waals surface area contributed by atoms with Gasteiger partial charge in [0.2, 0.25) is 11.9 Å². The third-order valence-corrected chi connectivity index (χ3v) is 7.36. The van der Waals surface area contributed by atoms with E-state index in [0.717, 1.165) is 37.3 Å². The molecule has 35 heavy (non-hydrogen) atoms. The van der Waals surface area contributed by atoms with E-state index in [-0.39, 0.29) is 5.91 Å². The lowest BCUT2D eigenvalue weighted by atomic mass is 9.91. The molecule has 0 spiro atoms. The van der Waals surface area contributed by atoms with Crippen LogP contribution in [0.15, 0.2) is 60.8 Å². The van der Waals surface area contributed by atoms with Crippen LogP contribution in [0.2, 0.25) is 0 Å². The summed E-state index contributed by atoms with van der Waals surface area (Å²) < 4.78 is 0. The maximum absolute atomic E-state index is 13.1. The summed E-state index contributed by atoms with van der Waals surface area (Å²) in [5, 5.41) is 3.42. The summed E-state index contributed by atoms with van der Waals surface area (Å²) in [6, 6.07) is 19.6. The van der Waals surface area contributed by atoms with Gasteiger partial charge in [0.25, 0.3) is 0 Å². The Morgan fingerprint density at radius 2 is 1.69 bits per heavy atom. The van der Waals surface area contributed by atoms with Crippen LogP contribution in [0.1, 0.15) is 45.1 Å². The van der Waals surface area contributed by atoms with E-state index >= 15 is 0 Å². The number of nitrogens with one attached hydrogen (secondary N) is 1. The molecule has 5 rings (SSSR count). The van der Waals surface area contributed by atoms with Gasteiger partial charge in [0.15, 0.2) is 5.82 Å². The summed E-state index contributed by atoms with van der Waals surface area (Å²) in [5.41, 5.74) is 4.05. The molecule has 1 fully saturated rings. The molecule has 0 radical (unpaired) electrons. The molecule has 1 aliphatic carbocycles. The second-order valence-electron chi connectivity index (χ2n) is 10.5. The van der Waals surface area contributed by atoms with Crippen molar-refractivity contribution in [1.82, 2.24) is 9.97 Å². The summed E-state index contributed by atoms with van der Waals surface area (Å²) in [7, 11) is 1.84. The van der Waals surface area contributed by atoms with E-state index in [1.165, 1.54) is 29.5 Å². The zero-order chi connectivity index (χ0) is 24.4. The Morgan fingerprint density at radius 1 is 1.00 bits per heavy atom. The Balaban J connectivity index is 1.31. The molecular weight excluding hydrogens is 434 g/mol. The van der Waals surface area contributed by atoms with Gasteiger partial charge in [-0.3, -0.25) is 4.79 Å². The van der Waals surface area contributed by atoms with E-state index in [9.17, 15) is 4.79 Å². The molecule has 3 aromatic rings. The van der Waals surface area contributed by atoms with Gasteiger partial charge in [0, 0.05) is 26.2 Å². The average Bonchev–Trinajstić information content (AvgIpc) is 3.40. The highest BCUT2D eigenvalue weighted by molar-refractivity contribution is 6.00. The number of rotatable bonds is 6. The SMILES string of the molecule is CN1C(=O)C(C)(C)CN(C2CCCC2)c2nc(NCCc3ccc(-c4ccccc4)cc3)ncc21. The summed E-state index contributed by atoms with van der Waals surface area (Å²) >= 11 is 0. The number of carbonyl (C=O) groups excluding carboxylic acids is 1. The Bertz CT molecular complexity index is 1170. The molecule has 182 valence electrons. The molecule has 2 aliphatic rings. The maximum Gasteiger partial charge on any atom is 0.234 e. The summed E-state index contributed by atoms with van der Waals surface area (Å²) in [6.07, 6.45) is 7.46. The van der Waals surface area contributed by atoms with E-state index in [1.54, 1.807) is 11.1 Å². The molecular formula is C29H35N5O. The first-order chi connectivity index (χ1) is 16.9. The number of anilines is 3. The zero-order valence-corrected chi connectivity index (χ0v) is 21.0. The van der Waals surface area contributed by atoms with Crippen LogP contribution in [0.5, 0.6) is 0 Å². The smallest absolute Gasteiger partial charge is 0.234 e. The van der Waals surface area contributed by atoms with Crippen molar-refractivity contribution in [2.24, 2.45) is 5.41 Å². The number of benzene rings is 2. The first-order valence-corrected chi connectivity index (χ1v) is 12.7. The Morgan fingerprint density at radius 3 is 2.40 bits per heavy atom. The molecule has 2 aromatic carbocycles. The molecule has 0 saturated heterocycles. The third kappa shape index (κ3) is 4.88. The van der Waals surface area contributed by atoms with Gasteiger partial charge in [-0.15, -0.1) is 0 Å². The van der Waals surface area contributed by atoms with E-state index < -0.39 is 5.41 Å². The highest BCUT2D eigenvalue weighted by Crippen LogP contribution is 2.40. The quantitative estimate of drug-likeness (QED) is 0.513. The molecule has 1 saturated carbocycles. The van der Waals surface area contributed by atoms with E-state index in [0.29, 0.717) is 18.5 Å². The molecule has 1 aromatic heterocycles. The van der Waals surface area contributed by atoms with Crippen LogP contribution in [-0.2, 0) is 11.2 Å². The minimum atomic E-state index is -0.475. The standard InChI is InChI=1S/C29H35N5O/c1-29(2)20-34(24-11-7-8-12-24)26-25(33(3)27(29)35)19-31-28(32-26)30-18-17-21-13-15-23(16-14-21)22-9-5-4-6-10-22/h4-6,9-10,13-16,19,24H,7-8,11-12,17-18,20H2,1-3H3,(H,30,31,32). The second kappa shape index (κ2) is 9.68. The second-order valence-corrected chi connectivity index (χ2v) is 10.5. The van der Waals surface area contributed by atoms with Crippen LogP contribution >= 0.6 is 0 Å². The fourth-order valence-electron chi connectivity index (χ4n) is 5.36. The fraction of sp³-hybridized carbons (Fsp3) is 0.414. The molecule has 6 nitrogen and oxygen atoms in total. The first kappa shape index (κ1) is 23.3. The number of amides is 1. The molecule has 2 heterocycles. The molecule has 1 amide bonds. The monoisotopic (exact) mass is 469 g/mol. The van der Waals surface area contributed by atoms with Crippen molar-refractivity contribution in [3.8, 4) is 11.1 Å². The van der Waals surface area contributed by atoms with Crippen molar-refractivity contribution in [3.63, 3.8) is 0 Å². The normalized spacial score (nSPS) is 17.9. The topological polar surface area (TPSA) is 61.4 Å². The molecule has 0 bridgehead atoms. The number of hydrogen-bond acceptors (Lipinski definition) is 5. The van der Waals surface area contributed by atoms with Crippen LogP contribution in [0.4, 0.5) is 17.5 Å². The lowest BCUT2D eigenvalue weighted by Gasteiger charge is -2.34. The van der Waals surface area contributed by atoms with Crippen LogP contribution in [0.25, 0.3) is 11.1 Å². The molecule has 0 atom stereocenters. The van der Waals surface area contributed by atoms with Gasteiger partial charge in [-0.2, -0.15) is 4.98 Å². The summed E-state index contributed by atoms with van der Waals surface area (Å²) in [5.74, 6) is 1.61. The van der Waals surface area contributed by atoms with E-state index in [1.807, 2.05) is 27.0 Å². The van der Waals surface area contributed by atoms with Crippen LogP contribution < -0.4 is 15.1 Å². The van der Waals surface area contributed by atoms with Crippen molar-refractivity contribution in [2.45, 2.75) is 52.0 Å². The van der Waals surface area contributed by atoms with Crippen LogP contribution in [-0.4, -0.2) is 42.1 Å². The van der Waals surface area contributed by atoms with Crippen molar-refractivity contribution >= 4 is 23.4 Å². The van der Waals surface area contributed by atoms with E-state index in [2.05, 4.69) is 63.7 Å². The van der Waals surface area contributed by atoms with Crippen molar-refractivity contribution in [3.05, 3.63) is 66.4 Å². The molecule has 0 unspecified atom stereocenters. The predicted molar refractivity (Wildman–Crippen MR) is 143 cm³/mol. The first-order valence-electron chi connectivity index (χ1n) is 12.7. The highest BCUT2D eigenvalue weighted by atomic mass is 16.2. The number of fused-ring (bicyclic) bond motifs is 1. The Labute approximate surface area is 208 Å². The molecule has 1 aliphatic heterocycles. The minimum absolute atomic E-state index is 0.113. The van der Waals surface area contributed by atoms with Gasteiger partial charge < -0.3 is 15.1 Å². The summed E-state index contributed by atoms with van der Waals surface area (Å²) in [6.45, 7) is 5.50. The van der Waals surface area contributed by atoms with Crippen molar-refractivity contribution in [1.29, 1.82) is 0 Å². The predicted octanol–water partition coefficient (Wildman–Crippen LogP) is 5.55. The Kier molecular flexibility index (Phi) is 6.46. The maximum atomic E-state index is 13.1. The van der Waals surface area contributed by atoms with Gasteiger partial charge in [-0.05, 0) is 49.8 Å². The van der Waals surface area contributed by atoms with Gasteiger partial charge in [0.1, 0.15) is 5.69 Å². The van der Waals surface area contributed by atoms with Crippen LogP contribution in [0.3, 0.4) is 0 Å². The summed E-state index contributed by atoms with van der Waals surface area (Å²) in [4.78, 5) is 26.8. The van der Waals surface area contributed by atoms with Gasteiger partial charge in [0.05, 0.1) is 11.6 Å². The average molecular weight is 470 g/mol. The Hall–Kier alpha value is -3.41. The van der Waals surface area contributed by atoms with Crippen molar-refractivity contribution < 1.29 is 4.79 Å². The third-order valence-electron chi connectivity index (χ3n) is 7.36. The largest absolute Gasteiger partial charge is 0.354 e. The number of hydrogen-bond donors (Lipinski definition) is 1. The van der Waals surface area contributed by atoms with E-state index in [4.69, 9.17) is 4.98 Å². The van der Waals surface area contributed by atoms with Gasteiger partial charge >= 0.3 is 0 Å². The molecule has 1 N–H and O–H groups in total. The lowest BCUT2D eigenvalue weighted by molar-refractivity contribution is -0.125. The van der Waals surface area contributed by atoms with Crippen molar-refractivity contribution in [2.75, 3.05) is 35.3 Å². The minimum Gasteiger partial charge on any atom is -0.354 e. The van der Waals surface area contributed by atoms with Gasteiger partial charge in [-0.1, -0.05) is 67.4 Å². The lowest BCUT2D eigenvalue weighted by Crippen LogP contribution is -2.45. The number of aromatic nitrogens is 2. The number of carbonyl (C=O) groups is 1. The zero-order valence-electron chi connectivity index (χ0n) is 21.0. The van der Waals surface area contributed by atoms with Gasteiger partial charge in [-0.25, -0.2) is 4.98 Å².